The smallest absolute Gasteiger partial charge is 0.307 e. The molecule has 0 heterocycles. The molecule has 3 nitrogen and oxygen atoms in total. The number of hydrogen-bond donors (Lipinski definition) is 2. The lowest BCUT2D eigenvalue weighted by Crippen LogP contribution is -2.23. The highest BCUT2D eigenvalue weighted by molar-refractivity contribution is 5.70. The highest BCUT2D eigenvalue weighted by Gasteiger charge is 2.24. The molecular formula is C11H21NO2. The summed E-state index contributed by atoms with van der Waals surface area (Å²) in [5.41, 5.74) is 5.39. The summed E-state index contributed by atoms with van der Waals surface area (Å²) in [5.74, 6) is 0.518. The molecule has 1 rings (SSSR count). The van der Waals surface area contributed by atoms with Crippen LogP contribution in [0.1, 0.15) is 39.0 Å². The second kappa shape index (κ2) is 5.35. The van der Waals surface area contributed by atoms with Gasteiger partial charge in [-0.2, -0.15) is 0 Å². The highest BCUT2D eigenvalue weighted by Crippen LogP contribution is 2.36. The Labute approximate surface area is 85.7 Å². The van der Waals surface area contributed by atoms with E-state index in [4.69, 9.17) is 10.8 Å². The number of aliphatic carboxylic acids is 1. The van der Waals surface area contributed by atoms with Crippen LogP contribution in [0.4, 0.5) is 0 Å². The van der Waals surface area contributed by atoms with E-state index in [2.05, 4.69) is 6.92 Å². The summed E-state index contributed by atoms with van der Waals surface area (Å²) in [7, 11) is 0. The quantitative estimate of drug-likeness (QED) is 0.658. The molecule has 0 amide bonds. The Bertz CT molecular complexity index is 190. The maximum absolute atomic E-state index is 10.7. The molecule has 0 unspecified atom stereocenters. The Hall–Kier alpha value is -0.570. The fourth-order valence-corrected chi connectivity index (χ4v) is 1.87. The third kappa shape index (κ3) is 4.09. The molecule has 3 heteroatoms. The van der Waals surface area contributed by atoms with Gasteiger partial charge in [0.05, 0.1) is 5.92 Å². The van der Waals surface area contributed by atoms with E-state index in [0.29, 0.717) is 5.92 Å². The molecular weight excluding hydrogens is 178 g/mol. The van der Waals surface area contributed by atoms with Crippen LogP contribution in [0.15, 0.2) is 0 Å². The first kappa shape index (κ1) is 11.5. The fraction of sp³-hybridized carbons (Fsp3) is 0.909. The van der Waals surface area contributed by atoms with Gasteiger partial charge in [0.25, 0.3) is 0 Å². The monoisotopic (exact) mass is 199 g/mol. The van der Waals surface area contributed by atoms with Crippen molar-refractivity contribution in [3.05, 3.63) is 0 Å². The number of carbonyl (C=O) groups is 1. The van der Waals surface area contributed by atoms with Gasteiger partial charge in [-0.3, -0.25) is 4.79 Å². The third-order valence-electron chi connectivity index (χ3n) is 3.07. The highest BCUT2D eigenvalue weighted by atomic mass is 16.4. The van der Waals surface area contributed by atoms with Gasteiger partial charge >= 0.3 is 5.97 Å². The zero-order valence-corrected chi connectivity index (χ0v) is 8.91. The molecule has 14 heavy (non-hydrogen) atoms. The average Bonchev–Trinajstić information content (AvgIpc) is 2.88. The first-order valence-electron chi connectivity index (χ1n) is 5.56. The van der Waals surface area contributed by atoms with Crippen molar-refractivity contribution < 1.29 is 9.90 Å². The van der Waals surface area contributed by atoms with Crippen LogP contribution in [0, 0.1) is 17.8 Å². The van der Waals surface area contributed by atoms with Crippen molar-refractivity contribution in [3.8, 4) is 0 Å². The average molecular weight is 199 g/mol. The molecule has 0 saturated heterocycles. The number of nitrogens with two attached hydrogens (primary N) is 1. The van der Waals surface area contributed by atoms with Crippen molar-refractivity contribution in [2.75, 3.05) is 6.54 Å². The van der Waals surface area contributed by atoms with Crippen LogP contribution in [0.5, 0.6) is 0 Å². The van der Waals surface area contributed by atoms with Gasteiger partial charge < -0.3 is 10.8 Å². The topological polar surface area (TPSA) is 63.3 Å². The van der Waals surface area contributed by atoms with Gasteiger partial charge in [-0.1, -0.05) is 19.8 Å². The van der Waals surface area contributed by atoms with Gasteiger partial charge in [0, 0.05) is 6.54 Å². The SMILES string of the molecule is C[C@H](CC[C@H](CN)C(=O)O)CC1CC1. The zero-order chi connectivity index (χ0) is 10.6. The molecule has 3 N–H and O–H groups in total. The van der Waals surface area contributed by atoms with E-state index in [0.717, 1.165) is 18.8 Å². The summed E-state index contributed by atoms with van der Waals surface area (Å²) in [6.45, 7) is 2.49. The summed E-state index contributed by atoms with van der Waals surface area (Å²) in [5, 5.41) is 8.80. The Kier molecular flexibility index (Phi) is 4.39. The first-order valence-corrected chi connectivity index (χ1v) is 5.56. The van der Waals surface area contributed by atoms with Crippen LogP contribution in [-0.2, 0) is 4.79 Å². The normalized spacial score (nSPS) is 20.4. The van der Waals surface area contributed by atoms with E-state index in [1.54, 1.807) is 0 Å². The lowest BCUT2D eigenvalue weighted by molar-refractivity contribution is -0.141. The molecule has 0 radical (unpaired) electrons. The number of rotatable bonds is 7. The second-order valence-electron chi connectivity index (χ2n) is 4.63. The van der Waals surface area contributed by atoms with Crippen LogP contribution in [0.2, 0.25) is 0 Å². The van der Waals surface area contributed by atoms with Crippen molar-refractivity contribution in [1.29, 1.82) is 0 Å². The van der Waals surface area contributed by atoms with Crippen molar-refractivity contribution in [2.45, 2.75) is 39.0 Å². The Morgan fingerprint density at radius 3 is 2.57 bits per heavy atom. The van der Waals surface area contributed by atoms with E-state index in [-0.39, 0.29) is 12.5 Å². The Morgan fingerprint density at radius 1 is 1.50 bits per heavy atom. The Morgan fingerprint density at radius 2 is 2.14 bits per heavy atom. The van der Waals surface area contributed by atoms with E-state index < -0.39 is 5.97 Å². The Balaban J connectivity index is 2.12. The lowest BCUT2D eigenvalue weighted by atomic mass is 9.93. The van der Waals surface area contributed by atoms with Gasteiger partial charge in [0.15, 0.2) is 0 Å². The van der Waals surface area contributed by atoms with Gasteiger partial charge in [-0.15, -0.1) is 0 Å². The summed E-state index contributed by atoms with van der Waals surface area (Å²) in [6.07, 6.45) is 5.77. The molecule has 0 aromatic rings. The summed E-state index contributed by atoms with van der Waals surface area (Å²) >= 11 is 0. The zero-order valence-electron chi connectivity index (χ0n) is 8.91. The molecule has 2 atom stereocenters. The van der Waals surface area contributed by atoms with Crippen molar-refractivity contribution in [2.24, 2.45) is 23.5 Å². The fourth-order valence-electron chi connectivity index (χ4n) is 1.87. The lowest BCUT2D eigenvalue weighted by Gasteiger charge is -2.13. The van der Waals surface area contributed by atoms with E-state index in [1.165, 1.54) is 19.3 Å². The molecule has 0 spiro atoms. The predicted octanol–water partition coefficient (Wildman–Crippen LogP) is 1.86. The van der Waals surface area contributed by atoms with Crippen molar-refractivity contribution in [1.82, 2.24) is 0 Å². The standard InChI is InChI=1S/C11H21NO2/c1-8(6-9-3-4-9)2-5-10(7-12)11(13)14/h8-10H,2-7,12H2,1H3,(H,13,14)/t8-,10-/m1/s1. The number of carboxylic acid groups (broad SMARTS) is 1. The maximum Gasteiger partial charge on any atom is 0.307 e. The molecule has 82 valence electrons. The van der Waals surface area contributed by atoms with Gasteiger partial charge in [-0.25, -0.2) is 0 Å². The third-order valence-corrected chi connectivity index (χ3v) is 3.07. The maximum atomic E-state index is 10.7. The summed E-state index contributed by atoms with van der Waals surface area (Å²) in [6, 6.07) is 0. The molecule has 0 aliphatic heterocycles. The molecule has 0 bridgehead atoms. The van der Waals surface area contributed by atoms with Gasteiger partial charge in [-0.05, 0) is 31.1 Å². The van der Waals surface area contributed by atoms with E-state index in [9.17, 15) is 4.79 Å². The minimum Gasteiger partial charge on any atom is -0.481 e. The van der Waals surface area contributed by atoms with E-state index in [1.807, 2.05) is 0 Å². The largest absolute Gasteiger partial charge is 0.481 e. The van der Waals surface area contributed by atoms with Gasteiger partial charge in [0.1, 0.15) is 0 Å². The number of carboxylic acids is 1. The van der Waals surface area contributed by atoms with Crippen LogP contribution in [-0.4, -0.2) is 17.6 Å². The molecule has 1 aliphatic rings. The predicted molar refractivity (Wildman–Crippen MR) is 55.9 cm³/mol. The molecule has 0 aromatic carbocycles. The first-order chi connectivity index (χ1) is 6.63. The second-order valence-corrected chi connectivity index (χ2v) is 4.63. The van der Waals surface area contributed by atoms with Crippen molar-refractivity contribution >= 4 is 5.97 Å². The molecule has 1 fully saturated rings. The van der Waals surface area contributed by atoms with Crippen LogP contribution in [0.3, 0.4) is 0 Å². The van der Waals surface area contributed by atoms with Crippen LogP contribution < -0.4 is 5.73 Å². The molecule has 0 aromatic heterocycles. The minimum atomic E-state index is -0.744. The summed E-state index contributed by atoms with van der Waals surface area (Å²) in [4.78, 5) is 10.7. The van der Waals surface area contributed by atoms with E-state index >= 15 is 0 Å². The minimum absolute atomic E-state index is 0.269. The van der Waals surface area contributed by atoms with Crippen molar-refractivity contribution in [3.63, 3.8) is 0 Å². The number of hydrogen-bond acceptors (Lipinski definition) is 2. The van der Waals surface area contributed by atoms with Crippen LogP contribution in [0.25, 0.3) is 0 Å². The van der Waals surface area contributed by atoms with Gasteiger partial charge in [0.2, 0.25) is 0 Å². The molecule has 1 aliphatic carbocycles. The van der Waals surface area contributed by atoms with Crippen LogP contribution >= 0.6 is 0 Å². The molecule has 1 saturated carbocycles. The summed E-state index contributed by atoms with van der Waals surface area (Å²) < 4.78 is 0.